The molecule has 1 aromatic heterocycles. The Balaban J connectivity index is 2.00. The van der Waals surface area contributed by atoms with Crippen LogP contribution in [0.5, 0.6) is 0 Å². The van der Waals surface area contributed by atoms with E-state index in [0.717, 1.165) is 29.9 Å². The Morgan fingerprint density at radius 2 is 2.00 bits per heavy atom. The van der Waals surface area contributed by atoms with Crippen molar-refractivity contribution in [3.8, 4) is 0 Å². The highest BCUT2D eigenvalue weighted by molar-refractivity contribution is 5.35. The Kier molecular flexibility index (Phi) is 2.26. The number of hydrogen-bond donors (Lipinski definition) is 1. The molecule has 1 aliphatic heterocycles. The molecule has 1 atom stereocenters. The van der Waals surface area contributed by atoms with Gasteiger partial charge in [0.2, 0.25) is 0 Å². The quantitative estimate of drug-likeness (QED) is 0.794. The van der Waals surface area contributed by atoms with E-state index < -0.39 is 0 Å². The fourth-order valence-corrected chi connectivity index (χ4v) is 2.20. The highest BCUT2D eigenvalue weighted by Gasteiger charge is 2.23. The second-order valence-electron chi connectivity index (χ2n) is 3.99. The number of halogens is 1. The number of furan rings is 1. The van der Waals surface area contributed by atoms with E-state index >= 15 is 0 Å². The summed E-state index contributed by atoms with van der Waals surface area (Å²) in [4.78, 5) is 0. The van der Waals surface area contributed by atoms with Crippen LogP contribution in [0.3, 0.4) is 0 Å². The second-order valence-corrected chi connectivity index (χ2v) is 3.99. The molecule has 0 saturated carbocycles. The zero-order chi connectivity index (χ0) is 11.0. The van der Waals surface area contributed by atoms with Gasteiger partial charge in [0.1, 0.15) is 11.6 Å². The predicted octanol–water partition coefficient (Wildman–Crippen LogP) is 2.65. The summed E-state index contributed by atoms with van der Waals surface area (Å²) in [6.45, 7) is 0.891. The summed E-state index contributed by atoms with van der Waals surface area (Å²) in [5.41, 5.74) is 2.24. The van der Waals surface area contributed by atoms with E-state index in [9.17, 15) is 4.39 Å². The van der Waals surface area contributed by atoms with E-state index in [1.54, 1.807) is 6.26 Å². The third kappa shape index (κ3) is 1.53. The molecule has 0 unspecified atom stereocenters. The minimum atomic E-state index is -0.202. The minimum absolute atomic E-state index is 0.128. The number of rotatable bonds is 1. The lowest BCUT2D eigenvalue weighted by atomic mass is 9.95. The van der Waals surface area contributed by atoms with Crippen molar-refractivity contribution in [2.45, 2.75) is 12.5 Å². The molecule has 3 heteroatoms. The monoisotopic (exact) mass is 217 g/mol. The maximum absolute atomic E-state index is 12.9. The molecule has 0 fully saturated rings. The van der Waals surface area contributed by atoms with Crippen molar-refractivity contribution in [2.75, 3.05) is 6.54 Å². The second kappa shape index (κ2) is 3.76. The van der Waals surface area contributed by atoms with Gasteiger partial charge in [0.15, 0.2) is 0 Å². The number of hydrogen-bond acceptors (Lipinski definition) is 2. The van der Waals surface area contributed by atoms with E-state index in [1.165, 1.54) is 12.1 Å². The van der Waals surface area contributed by atoms with Gasteiger partial charge in [0.25, 0.3) is 0 Å². The van der Waals surface area contributed by atoms with Crippen molar-refractivity contribution >= 4 is 0 Å². The van der Waals surface area contributed by atoms with Crippen molar-refractivity contribution in [1.29, 1.82) is 0 Å². The van der Waals surface area contributed by atoms with Crippen LogP contribution in [0.15, 0.2) is 41.0 Å². The van der Waals surface area contributed by atoms with Crippen LogP contribution in [0.25, 0.3) is 0 Å². The molecule has 0 spiro atoms. The molecule has 2 aromatic rings. The van der Waals surface area contributed by atoms with Gasteiger partial charge < -0.3 is 9.73 Å². The van der Waals surface area contributed by atoms with Gasteiger partial charge >= 0.3 is 0 Å². The van der Waals surface area contributed by atoms with Gasteiger partial charge in [0, 0.05) is 18.5 Å². The number of nitrogens with one attached hydrogen (secondary N) is 1. The summed E-state index contributed by atoms with van der Waals surface area (Å²) in [7, 11) is 0. The fraction of sp³-hybridized carbons (Fsp3) is 0.231. The molecule has 0 amide bonds. The van der Waals surface area contributed by atoms with Gasteiger partial charge in [-0.2, -0.15) is 0 Å². The Hall–Kier alpha value is -1.61. The summed E-state index contributed by atoms with van der Waals surface area (Å²) in [6, 6.07) is 8.72. The van der Waals surface area contributed by atoms with Gasteiger partial charge in [-0.1, -0.05) is 12.1 Å². The van der Waals surface area contributed by atoms with Gasteiger partial charge in [-0.25, -0.2) is 4.39 Å². The third-order valence-electron chi connectivity index (χ3n) is 2.99. The lowest BCUT2D eigenvalue weighted by Gasteiger charge is -2.23. The van der Waals surface area contributed by atoms with Crippen molar-refractivity contribution in [3.05, 3.63) is 59.3 Å². The van der Waals surface area contributed by atoms with E-state index in [1.807, 2.05) is 18.2 Å². The van der Waals surface area contributed by atoms with Crippen LogP contribution in [0, 0.1) is 5.82 Å². The molecule has 1 aromatic carbocycles. The van der Waals surface area contributed by atoms with Gasteiger partial charge in [-0.3, -0.25) is 0 Å². The Bertz CT molecular complexity index is 489. The molecule has 0 aliphatic carbocycles. The first-order valence-corrected chi connectivity index (χ1v) is 5.40. The van der Waals surface area contributed by atoms with Gasteiger partial charge in [-0.05, 0) is 23.8 Å². The van der Waals surface area contributed by atoms with Crippen LogP contribution < -0.4 is 5.32 Å². The summed E-state index contributed by atoms with van der Waals surface area (Å²) in [5.74, 6) is 0.833. The van der Waals surface area contributed by atoms with Gasteiger partial charge in [0.05, 0.1) is 12.3 Å². The average Bonchev–Trinajstić information content (AvgIpc) is 2.78. The molecule has 1 aliphatic rings. The standard InChI is InChI=1S/C13H12FNO/c14-10-3-1-9(2-4-10)13-11-6-8-16-12(11)5-7-15-13/h1-4,6,8,13,15H,5,7H2/t13-/m0/s1. The Morgan fingerprint density at radius 3 is 2.81 bits per heavy atom. The fourth-order valence-electron chi connectivity index (χ4n) is 2.20. The van der Waals surface area contributed by atoms with E-state index in [4.69, 9.17) is 4.42 Å². The van der Waals surface area contributed by atoms with Crippen LogP contribution in [-0.4, -0.2) is 6.54 Å². The molecule has 0 saturated heterocycles. The summed E-state index contributed by atoms with van der Waals surface area (Å²) in [5, 5.41) is 3.41. The molecule has 16 heavy (non-hydrogen) atoms. The first-order chi connectivity index (χ1) is 7.84. The molecular formula is C13H12FNO. The molecule has 0 radical (unpaired) electrons. The molecule has 2 nitrogen and oxygen atoms in total. The van der Waals surface area contributed by atoms with E-state index in [2.05, 4.69) is 5.32 Å². The molecule has 2 heterocycles. The zero-order valence-electron chi connectivity index (χ0n) is 8.74. The van der Waals surface area contributed by atoms with Crippen molar-refractivity contribution in [3.63, 3.8) is 0 Å². The number of fused-ring (bicyclic) bond motifs is 1. The molecular weight excluding hydrogens is 205 g/mol. The zero-order valence-corrected chi connectivity index (χ0v) is 8.74. The first kappa shape index (κ1) is 9.60. The van der Waals surface area contributed by atoms with Crippen LogP contribution >= 0.6 is 0 Å². The van der Waals surface area contributed by atoms with Crippen LogP contribution in [0.4, 0.5) is 4.39 Å². The Labute approximate surface area is 93.1 Å². The predicted molar refractivity (Wildman–Crippen MR) is 58.7 cm³/mol. The summed E-state index contributed by atoms with van der Waals surface area (Å²) >= 11 is 0. The normalized spacial score (nSPS) is 19.4. The molecule has 82 valence electrons. The average molecular weight is 217 g/mol. The maximum Gasteiger partial charge on any atom is 0.123 e. The lowest BCUT2D eigenvalue weighted by Crippen LogP contribution is -2.29. The topological polar surface area (TPSA) is 25.2 Å². The van der Waals surface area contributed by atoms with E-state index in [-0.39, 0.29) is 11.9 Å². The molecule has 1 N–H and O–H groups in total. The van der Waals surface area contributed by atoms with Crippen molar-refractivity contribution in [1.82, 2.24) is 5.32 Å². The van der Waals surface area contributed by atoms with Crippen molar-refractivity contribution in [2.24, 2.45) is 0 Å². The van der Waals surface area contributed by atoms with E-state index in [0.29, 0.717) is 0 Å². The van der Waals surface area contributed by atoms with Crippen LogP contribution in [0.2, 0.25) is 0 Å². The van der Waals surface area contributed by atoms with Gasteiger partial charge in [-0.15, -0.1) is 0 Å². The SMILES string of the molecule is Fc1ccc([C@@H]2NCCc3occc32)cc1. The first-order valence-electron chi connectivity index (χ1n) is 5.40. The highest BCUT2D eigenvalue weighted by atomic mass is 19.1. The molecule has 3 rings (SSSR count). The largest absolute Gasteiger partial charge is 0.469 e. The number of benzene rings is 1. The maximum atomic E-state index is 12.9. The lowest BCUT2D eigenvalue weighted by molar-refractivity contribution is 0.456. The minimum Gasteiger partial charge on any atom is -0.469 e. The van der Waals surface area contributed by atoms with Crippen LogP contribution in [-0.2, 0) is 6.42 Å². The Morgan fingerprint density at radius 1 is 1.19 bits per heavy atom. The van der Waals surface area contributed by atoms with Crippen molar-refractivity contribution < 1.29 is 8.81 Å². The third-order valence-corrected chi connectivity index (χ3v) is 2.99. The summed E-state index contributed by atoms with van der Waals surface area (Å²) < 4.78 is 18.3. The smallest absolute Gasteiger partial charge is 0.123 e. The highest BCUT2D eigenvalue weighted by Crippen LogP contribution is 2.29. The summed E-state index contributed by atoms with van der Waals surface area (Å²) in [6.07, 6.45) is 2.63. The molecule has 0 bridgehead atoms. The van der Waals surface area contributed by atoms with Crippen LogP contribution in [0.1, 0.15) is 22.9 Å².